The lowest BCUT2D eigenvalue weighted by atomic mass is 9.97. The molecule has 0 unspecified atom stereocenters. The molecular formula is C18H25N3O3. The molecule has 0 bridgehead atoms. The van der Waals surface area contributed by atoms with Crippen LogP contribution in [-0.4, -0.2) is 29.2 Å². The third-order valence-electron chi connectivity index (χ3n) is 3.38. The SMILES string of the molecule is CCOc1ccc(CC(=O)NCCc2noc(C(C)(C)C)n2)cc1. The normalized spacial score (nSPS) is 11.3. The predicted molar refractivity (Wildman–Crippen MR) is 91.0 cm³/mol. The molecule has 1 N–H and O–H groups in total. The van der Waals surface area contributed by atoms with Gasteiger partial charge in [0.15, 0.2) is 5.82 Å². The van der Waals surface area contributed by atoms with Gasteiger partial charge in [-0.1, -0.05) is 38.1 Å². The van der Waals surface area contributed by atoms with Gasteiger partial charge in [0.25, 0.3) is 0 Å². The number of nitrogens with zero attached hydrogens (tertiary/aromatic N) is 2. The fraction of sp³-hybridized carbons (Fsp3) is 0.500. The van der Waals surface area contributed by atoms with Gasteiger partial charge in [0, 0.05) is 18.4 Å². The first-order valence-electron chi connectivity index (χ1n) is 8.20. The zero-order valence-corrected chi connectivity index (χ0v) is 14.8. The lowest BCUT2D eigenvalue weighted by Crippen LogP contribution is -2.27. The summed E-state index contributed by atoms with van der Waals surface area (Å²) in [6, 6.07) is 7.55. The van der Waals surface area contributed by atoms with Crippen LogP contribution in [0.5, 0.6) is 5.75 Å². The summed E-state index contributed by atoms with van der Waals surface area (Å²) in [6.07, 6.45) is 0.889. The molecule has 130 valence electrons. The summed E-state index contributed by atoms with van der Waals surface area (Å²) >= 11 is 0. The van der Waals surface area contributed by atoms with E-state index in [9.17, 15) is 4.79 Å². The first-order chi connectivity index (χ1) is 11.4. The van der Waals surface area contributed by atoms with Gasteiger partial charge in [-0.15, -0.1) is 0 Å². The lowest BCUT2D eigenvalue weighted by Gasteiger charge is -2.10. The van der Waals surface area contributed by atoms with Crippen LogP contribution in [0.1, 0.15) is 45.0 Å². The van der Waals surface area contributed by atoms with Crippen molar-refractivity contribution in [3.8, 4) is 5.75 Å². The van der Waals surface area contributed by atoms with Crippen LogP contribution in [-0.2, 0) is 23.1 Å². The van der Waals surface area contributed by atoms with Crippen LogP contribution in [0, 0.1) is 0 Å². The van der Waals surface area contributed by atoms with E-state index in [1.807, 2.05) is 52.0 Å². The Hall–Kier alpha value is -2.37. The predicted octanol–water partition coefficient (Wildman–Crippen LogP) is 2.67. The van der Waals surface area contributed by atoms with Gasteiger partial charge in [0.1, 0.15) is 5.75 Å². The van der Waals surface area contributed by atoms with E-state index in [2.05, 4.69) is 15.5 Å². The van der Waals surface area contributed by atoms with E-state index in [-0.39, 0.29) is 11.3 Å². The second-order valence-electron chi connectivity index (χ2n) is 6.62. The molecule has 0 aliphatic heterocycles. The van der Waals surface area contributed by atoms with E-state index in [0.717, 1.165) is 11.3 Å². The van der Waals surface area contributed by atoms with E-state index in [0.29, 0.717) is 37.7 Å². The zero-order valence-electron chi connectivity index (χ0n) is 14.8. The topological polar surface area (TPSA) is 77.2 Å². The number of nitrogens with one attached hydrogen (secondary N) is 1. The molecule has 1 amide bonds. The van der Waals surface area contributed by atoms with Crippen molar-refractivity contribution in [2.24, 2.45) is 0 Å². The maximum atomic E-state index is 12.0. The van der Waals surface area contributed by atoms with E-state index in [1.165, 1.54) is 0 Å². The smallest absolute Gasteiger partial charge is 0.232 e. The molecule has 6 nitrogen and oxygen atoms in total. The highest BCUT2D eigenvalue weighted by Crippen LogP contribution is 2.19. The van der Waals surface area contributed by atoms with Crippen LogP contribution in [0.15, 0.2) is 28.8 Å². The van der Waals surface area contributed by atoms with Crippen LogP contribution in [0.4, 0.5) is 0 Å². The fourth-order valence-electron chi connectivity index (χ4n) is 2.09. The van der Waals surface area contributed by atoms with Gasteiger partial charge in [0.05, 0.1) is 13.0 Å². The molecule has 2 rings (SSSR count). The van der Waals surface area contributed by atoms with Gasteiger partial charge >= 0.3 is 0 Å². The second-order valence-corrected chi connectivity index (χ2v) is 6.62. The third-order valence-corrected chi connectivity index (χ3v) is 3.38. The van der Waals surface area contributed by atoms with Crippen molar-refractivity contribution in [2.75, 3.05) is 13.2 Å². The van der Waals surface area contributed by atoms with Crippen molar-refractivity contribution in [3.05, 3.63) is 41.5 Å². The number of aromatic nitrogens is 2. The highest BCUT2D eigenvalue weighted by Gasteiger charge is 2.21. The third kappa shape index (κ3) is 5.37. The highest BCUT2D eigenvalue weighted by molar-refractivity contribution is 5.78. The van der Waals surface area contributed by atoms with E-state index in [4.69, 9.17) is 9.26 Å². The maximum Gasteiger partial charge on any atom is 0.232 e. The molecule has 0 radical (unpaired) electrons. The molecule has 24 heavy (non-hydrogen) atoms. The average molecular weight is 331 g/mol. The van der Waals surface area contributed by atoms with Crippen LogP contribution in [0.3, 0.4) is 0 Å². The molecule has 0 aliphatic rings. The summed E-state index contributed by atoms with van der Waals surface area (Å²) in [5, 5.41) is 6.81. The van der Waals surface area contributed by atoms with Gasteiger partial charge in [0.2, 0.25) is 11.8 Å². The van der Waals surface area contributed by atoms with Crippen LogP contribution < -0.4 is 10.1 Å². The van der Waals surface area contributed by atoms with Gasteiger partial charge in [-0.2, -0.15) is 4.98 Å². The minimum absolute atomic E-state index is 0.0290. The van der Waals surface area contributed by atoms with E-state index >= 15 is 0 Å². The standard InChI is InChI=1S/C18H25N3O3/c1-5-23-14-8-6-13(7-9-14)12-16(22)19-11-10-15-20-17(24-21-15)18(2,3)4/h6-9H,5,10-12H2,1-4H3,(H,19,22). The number of rotatable bonds is 7. The molecule has 6 heteroatoms. The van der Waals surface area contributed by atoms with Crippen LogP contribution in [0.25, 0.3) is 0 Å². The lowest BCUT2D eigenvalue weighted by molar-refractivity contribution is -0.120. The Bertz CT molecular complexity index is 657. The number of carbonyl (C=O) groups excluding carboxylic acids is 1. The van der Waals surface area contributed by atoms with Gasteiger partial charge < -0.3 is 14.6 Å². The Balaban J connectivity index is 1.76. The van der Waals surface area contributed by atoms with Crippen LogP contribution >= 0.6 is 0 Å². The van der Waals surface area contributed by atoms with Crippen molar-refractivity contribution in [1.29, 1.82) is 0 Å². The van der Waals surface area contributed by atoms with Gasteiger partial charge in [-0.05, 0) is 24.6 Å². The molecule has 0 saturated heterocycles. The van der Waals surface area contributed by atoms with Gasteiger partial charge in [-0.3, -0.25) is 4.79 Å². The second kappa shape index (κ2) is 7.95. The summed E-state index contributed by atoms with van der Waals surface area (Å²) < 4.78 is 10.6. The van der Waals surface area contributed by atoms with Crippen molar-refractivity contribution >= 4 is 5.91 Å². The largest absolute Gasteiger partial charge is 0.494 e. The quantitative estimate of drug-likeness (QED) is 0.844. The van der Waals surface area contributed by atoms with E-state index < -0.39 is 0 Å². The molecule has 0 spiro atoms. The first-order valence-corrected chi connectivity index (χ1v) is 8.20. The molecular weight excluding hydrogens is 306 g/mol. The molecule has 0 fully saturated rings. The Morgan fingerprint density at radius 1 is 1.25 bits per heavy atom. The number of benzene rings is 1. The minimum Gasteiger partial charge on any atom is -0.494 e. The summed E-state index contributed by atoms with van der Waals surface area (Å²) in [5.74, 6) is 2.01. The van der Waals surface area contributed by atoms with Crippen molar-refractivity contribution in [3.63, 3.8) is 0 Å². The Labute approximate surface area is 142 Å². The number of hydrogen-bond acceptors (Lipinski definition) is 5. The molecule has 0 aliphatic carbocycles. The Kier molecular flexibility index (Phi) is 5.95. The maximum absolute atomic E-state index is 12.0. The molecule has 0 saturated carbocycles. The van der Waals surface area contributed by atoms with Crippen molar-refractivity contribution in [1.82, 2.24) is 15.5 Å². The van der Waals surface area contributed by atoms with Crippen molar-refractivity contribution < 1.29 is 14.1 Å². The molecule has 1 heterocycles. The van der Waals surface area contributed by atoms with Crippen molar-refractivity contribution in [2.45, 2.75) is 46.0 Å². The molecule has 1 aromatic carbocycles. The van der Waals surface area contributed by atoms with Gasteiger partial charge in [-0.25, -0.2) is 0 Å². The number of carbonyl (C=O) groups is 1. The van der Waals surface area contributed by atoms with E-state index in [1.54, 1.807) is 0 Å². The summed E-state index contributed by atoms with van der Waals surface area (Å²) in [4.78, 5) is 16.3. The Morgan fingerprint density at radius 2 is 1.96 bits per heavy atom. The summed E-state index contributed by atoms with van der Waals surface area (Å²) in [5.41, 5.74) is 0.785. The Morgan fingerprint density at radius 3 is 2.54 bits per heavy atom. The fourth-order valence-corrected chi connectivity index (χ4v) is 2.09. The molecule has 0 atom stereocenters. The molecule has 2 aromatic rings. The monoisotopic (exact) mass is 331 g/mol. The molecule has 1 aromatic heterocycles. The first kappa shape index (κ1) is 18.0. The average Bonchev–Trinajstić information content (AvgIpc) is 2.99. The number of amides is 1. The van der Waals surface area contributed by atoms with Crippen LogP contribution in [0.2, 0.25) is 0 Å². The minimum atomic E-state index is -0.165. The zero-order chi connectivity index (χ0) is 17.6. The summed E-state index contributed by atoms with van der Waals surface area (Å²) in [7, 11) is 0. The number of hydrogen-bond donors (Lipinski definition) is 1. The number of ether oxygens (including phenoxy) is 1. The highest BCUT2D eigenvalue weighted by atomic mass is 16.5. The summed E-state index contributed by atoms with van der Waals surface area (Å²) in [6.45, 7) is 9.11.